The van der Waals surface area contributed by atoms with Crippen LogP contribution in [0.4, 0.5) is 0 Å². The van der Waals surface area contributed by atoms with Crippen molar-refractivity contribution in [2.45, 2.75) is 37.9 Å². The second-order valence-corrected chi connectivity index (χ2v) is 7.77. The average Bonchev–Trinajstić information content (AvgIpc) is 2.49. The topological polar surface area (TPSA) is 60.4 Å². The third-order valence-electron chi connectivity index (χ3n) is 3.82. The lowest BCUT2D eigenvalue weighted by Crippen LogP contribution is -2.33. The molecule has 0 amide bonds. The molecule has 0 atom stereocenters. The molecule has 0 N–H and O–H groups in total. The molecule has 116 valence electrons. The Labute approximate surface area is 126 Å². The first-order valence-corrected chi connectivity index (χ1v) is 9.16. The molecule has 0 saturated carbocycles. The summed E-state index contributed by atoms with van der Waals surface area (Å²) in [6, 6.07) is 7.26. The predicted molar refractivity (Wildman–Crippen MR) is 82.4 cm³/mol. The van der Waals surface area contributed by atoms with Gasteiger partial charge in [0.2, 0.25) is 0 Å². The van der Waals surface area contributed by atoms with E-state index in [4.69, 9.17) is 4.74 Å². The van der Waals surface area contributed by atoms with E-state index in [9.17, 15) is 13.2 Å². The van der Waals surface area contributed by atoms with E-state index in [0.717, 1.165) is 12.8 Å². The molecular weight excluding hydrogens is 288 g/mol. The van der Waals surface area contributed by atoms with Gasteiger partial charge in [-0.3, -0.25) is 4.79 Å². The SMILES string of the molecule is CCCc1ccc(C(=O)CS(=O)(=O)C2CCOCC2)cc1. The standard InChI is InChI=1S/C16H22O4S/c1-2-3-13-4-6-14(7-5-13)16(17)12-21(18,19)15-8-10-20-11-9-15/h4-7,15H,2-3,8-12H2,1H3. The van der Waals surface area contributed by atoms with Crippen LogP contribution in [0.5, 0.6) is 0 Å². The van der Waals surface area contributed by atoms with Gasteiger partial charge in [0.1, 0.15) is 5.75 Å². The van der Waals surface area contributed by atoms with Crippen molar-refractivity contribution in [2.24, 2.45) is 0 Å². The molecule has 0 spiro atoms. The maximum atomic E-state index is 12.3. The van der Waals surface area contributed by atoms with Crippen molar-refractivity contribution < 1.29 is 17.9 Å². The van der Waals surface area contributed by atoms with E-state index in [2.05, 4.69) is 6.92 Å². The van der Waals surface area contributed by atoms with Crippen LogP contribution >= 0.6 is 0 Å². The number of benzene rings is 1. The van der Waals surface area contributed by atoms with Crippen LogP contribution in [0, 0.1) is 0 Å². The fourth-order valence-electron chi connectivity index (χ4n) is 2.56. The summed E-state index contributed by atoms with van der Waals surface area (Å²) in [5.74, 6) is -0.713. The Hall–Kier alpha value is -1.20. The molecule has 1 aliphatic heterocycles. The van der Waals surface area contributed by atoms with Crippen molar-refractivity contribution in [1.29, 1.82) is 0 Å². The summed E-state index contributed by atoms with van der Waals surface area (Å²) in [7, 11) is -3.38. The summed E-state index contributed by atoms with van der Waals surface area (Å²) >= 11 is 0. The number of Topliss-reactive ketones (excluding diaryl/α,β-unsaturated/α-hetero) is 1. The fraction of sp³-hybridized carbons (Fsp3) is 0.562. The molecule has 1 heterocycles. The Bertz CT molecular complexity index is 569. The monoisotopic (exact) mass is 310 g/mol. The Morgan fingerprint density at radius 3 is 2.38 bits per heavy atom. The predicted octanol–water partition coefficient (Wildman–Crippen LogP) is 2.42. The molecule has 5 heteroatoms. The number of ketones is 1. The minimum absolute atomic E-state index is 0.315. The van der Waals surface area contributed by atoms with Gasteiger partial charge in [-0.1, -0.05) is 37.6 Å². The average molecular weight is 310 g/mol. The Kier molecular flexibility index (Phi) is 5.53. The van der Waals surface area contributed by atoms with Crippen LogP contribution in [0.2, 0.25) is 0 Å². The van der Waals surface area contributed by atoms with Crippen molar-refractivity contribution in [3.8, 4) is 0 Å². The molecule has 1 aliphatic rings. The first-order chi connectivity index (χ1) is 10.0. The molecule has 0 bridgehead atoms. The summed E-state index contributed by atoms with van der Waals surface area (Å²) in [4.78, 5) is 12.2. The molecule has 21 heavy (non-hydrogen) atoms. The van der Waals surface area contributed by atoms with Gasteiger partial charge in [0.25, 0.3) is 0 Å². The van der Waals surface area contributed by atoms with E-state index in [-0.39, 0.29) is 5.78 Å². The van der Waals surface area contributed by atoms with E-state index >= 15 is 0 Å². The maximum Gasteiger partial charge on any atom is 0.177 e. The van der Waals surface area contributed by atoms with E-state index in [1.165, 1.54) is 5.56 Å². The molecule has 1 fully saturated rings. The van der Waals surface area contributed by atoms with Gasteiger partial charge in [-0.15, -0.1) is 0 Å². The van der Waals surface area contributed by atoms with Gasteiger partial charge in [0.15, 0.2) is 15.6 Å². The zero-order valence-electron chi connectivity index (χ0n) is 12.4. The third kappa shape index (κ3) is 4.38. The minimum atomic E-state index is -3.38. The Balaban J connectivity index is 2.02. The summed E-state index contributed by atoms with van der Waals surface area (Å²) < 4.78 is 29.7. The maximum absolute atomic E-state index is 12.3. The van der Waals surface area contributed by atoms with Crippen molar-refractivity contribution in [2.75, 3.05) is 19.0 Å². The molecule has 0 aromatic heterocycles. The quantitative estimate of drug-likeness (QED) is 0.757. The normalized spacial score (nSPS) is 16.8. The van der Waals surface area contributed by atoms with Gasteiger partial charge in [-0.25, -0.2) is 8.42 Å². The number of rotatable bonds is 6. The lowest BCUT2D eigenvalue weighted by Gasteiger charge is -2.21. The number of ether oxygens (including phenoxy) is 1. The second kappa shape index (κ2) is 7.18. The van der Waals surface area contributed by atoms with E-state index < -0.39 is 20.8 Å². The van der Waals surface area contributed by atoms with Crippen LogP contribution in [0.1, 0.15) is 42.1 Å². The number of hydrogen-bond donors (Lipinski definition) is 0. The molecule has 0 unspecified atom stereocenters. The zero-order chi connectivity index (χ0) is 15.3. The van der Waals surface area contributed by atoms with Gasteiger partial charge in [-0.05, 0) is 24.8 Å². The number of aryl methyl sites for hydroxylation is 1. The van der Waals surface area contributed by atoms with Gasteiger partial charge >= 0.3 is 0 Å². The lowest BCUT2D eigenvalue weighted by molar-refractivity contribution is 0.0971. The molecule has 1 saturated heterocycles. The van der Waals surface area contributed by atoms with E-state index in [0.29, 0.717) is 31.6 Å². The summed E-state index contributed by atoms with van der Waals surface area (Å²) in [5, 5.41) is -0.436. The van der Waals surface area contributed by atoms with Crippen LogP contribution in [0.3, 0.4) is 0 Å². The molecule has 2 rings (SSSR count). The van der Waals surface area contributed by atoms with Crippen LogP contribution in [-0.2, 0) is 21.0 Å². The van der Waals surface area contributed by atoms with E-state index in [1.807, 2.05) is 12.1 Å². The highest BCUT2D eigenvalue weighted by molar-refractivity contribution is 7.92. The highest BCUT2D eigenvalue weighted by Crippen LogP contribution is 2.18. The van der Waals surface area contributed by atoms with Gasteiger partial charge in [0, 0.05) is 18.8 Å². The van der Waals surface area contributed by atoms with Crippen LogP contribution in [0.15, 0.2) is 24.3 Å². The molecule has 0 aliphatic carbocycles. The van der Waals surface area contributed by atoms with Gasteiger partial charge in [-0.2, -0.15) is 0 Å². The van der Waals surface area contributed by atoms with Crippen molar-refractivity contribution >= 4 is 15.6 Å². The van der Waals surface area contributed by atoms with Gasteiger partial charge in [0.05, 0.1) is 5.25 Å². The Morgan fingerprint density at radius 1 is 1.19 bits per heavy atom. The first-order valence-electron chi connectivity index (χ1n) is 7.44. The molecule has 1 aromatic carbocycles. The molecule has 4 nitrogen and oxygen atoms in total. The minimum Gasteiger partial charge on any atom is -0.381 e. The number of carbonyl (C=O) groups is 1. The summed E-state index contributed by atoms with van der Waals surface area (Å²) in [6.07, 6.45) is 3.00. The molecule has 1 aromatic rings. The van der Waals surface area contributed by atoms with Crippen molar-refractivity contribution in [3.05, 3.63) is 35.4 Å². The largest absolute Gasteiger partial charge is 0.381 e. The number of carbonyl (C=O) groups excluding carboxylic acids is 1. The number of hydrogen-bond acceptors (Lipinski definition) is 4. The first kappa shape index (κ1) is 16.2. The second-order valence-electron chi connectivity index (χ2n) is 5.49. The molecule has 0 radical (unpaired) electrons. The third-order valence-corrected chi connectivity index (χ3v) is 5.97. The summed E-state index contributed by atoms with van der Waals surface area (Å²) in [6.45, 7) is 3.02. The summed E-state index contributed by atoms with van der Waals surface area (Å²) in [5.41, 5.74) is 1.65. The van der Waals surface area contributed by atoms with Crippen LogP contribution in [-0.4, -0.2) is 38.4 Å². The zero-order valence-corrected chi connectivity index (χ0v) is 13.2. The highest BCUT2D eigenvalue weighted by atomic mass is 32.2. The van der Waals surface area contributed by atoms with E-state index in [1.54, 1.807) is 12.1 Å². The molecular formula is C16H22O4S. The highest BCUT2D eigenvalue weighted by Gasteiger charge is 2.30. The van der Waals surface area contributed by atoms with Crippen molar-refractivity contribution in [1.82, 2.24) is 0 Å². The van der Waals surface area contributed by atoms with Gasteiger partial charge < -0.3 is 4.74 Å². The lowest BCUT2D eigenvalue weighted by atomic mass is 10.1. The van der Waals surface area contributed by atoms with Crippen LogP contribution in [0.25, 0.3) is 0 Å². The van der Waals surface area contributed by atoms with Crippen LogP contribution < -0.4 is 0 Å². The smallest absolute Gasteiger partial charge is 0.177 e. The fourth-order valence-corrected chi connectivity index (χ4v) is 4.24. The number of sulfone groups is 1. The van der Waals surface area contributed by atoms with Crippen molar-refractivity contribution in [3.63, 3.8) is 0 Å². The Morgan fingerprint density at radius 2 is 1.81 bits per heavy atom.